The molecule has 0 bridgehead atoms. The molecule has 0 aliphatic carbocycles. The minimum Gasteiger partial charge on any atom is -0.482 e. The Morgan fingerprint density at radius 3 is 3.11 bits per heavy atom. The Balaban J connectivity index is 2.00. The first kappa shape index (κ1) is 12.2. The number of rotatable bonds is 4. The molecule has 0 fully saturated rings. The molecule has 1 heterocycles. The van der Waals surface area contributed by atoms with E-state index in [1.807, 2.05) is 0 Å². The van der Waals surface area contributed by atoms with Gasteiger partial charge in [0.25, 0.3) is 5.91 Å². The number of anilines is 1. The Hall–Kier alpha value is -2.24. The van der Waals surface area contributed by atoms with Crippen molar-refractivity contribution in [3.8, 4) is 11.5 Å². The topological polar surface area (TPSA) is 73.9 Å². The van der Waals surface area contributed by atoms with Crippen molar-refractivity contribution in [2.75, 3.05) is 25.1 Å². The molecule has 0 atom stereocenters. The lowest BCUT2D eigenvalue weighted by molar-refractivity contribution is -0.145. The first-order valence-electron chi connectivity index (χ1n) is 5.54. The lowest BCUT2D eigenvalue weighted by Crippen LogP contribution is -2.25. The molecular weight excluding hydrogens is 238 g/mol. The minimum absolute atomic E-state index is 0.00995. The Kier molecular flexibility index (Phi) is 3.66. The molecule has 1 aliphatic heterocycles. The molecule has 18 heavy (non-hydrogen) atoms. The van der Waals surface area contributed by atoms with Gasteiger partial charge in [-0.2, -0.15) is 0 Å². The third kappa shape index (κ3) is 2.91. The fraction of sp³-hybridized carbons (Fsp3) is 0.333. The molecule has 0 radical (unpaired) electrons. The van der Waals surface area contributed by atoms with Crippen LogP contribution in [0, 0.1) is 0 Å². The zero-order chi connectivity index (χ0) is 13.0. The van der Waals surface area contributed by atoms with Gasteiger partial charge in [-0.25, -0.2) is 4.79 Å². The summed E-state index contributed by atoms with van der Waals surface area (Å²) >= 11 is 0. The zero-order valence-corrected chi connectivity index (χ0v) is 9.89. The van der Waals surface area contributed by atoms with E-state index in [2.05, 4.69) is 5.32 Å². The first-order valence-corrected chi connectivity index (χ1v) is 5.54. The molecule has 1 N–H and O–H groups in total. The highest BCUT2D eigenvalue weighted by Crippen LogP contribution is 2.31. The van der Waals surface area contributed by atoms with Crippen LogP contribution >= 0.6 is 0 Å². The highest BCUT2D eigenvalue weighted by Gasteiger charge is 2.16. The van der Waals surface area contributed by atoms with Crippen molar-refractivity contribution in [2.24, 2.45) is 0 Å². The van der Waals surface area contributed by atoms with Crippen molar-refractivity contribution in [3.05, 3.63) is 18.2 Å². The lowest BCUT2D eigenvalue weighted by Gasteiger charge is -2.18. The van der Waals surface area contributed by atoms with Gasteiger partial charge in [-0.05, 0) is 19.1 Å². The molecular formula is C12H13NO5. The van der Waals surface area contributed by atoms with E-state index in [0.717, 1.165) is 0 Å². The van der Waals surface area contributed by atoms with Crippen LogP contribution in [-0.4, -0.2) is 31.7 Å². The van der Waals surface area contributed by atoms with Crippen LogP contribution in [0.15, 0.2) is 18.2 Å². The van der Waals surface area contributed by atoms with Crippen LogP contribution in [0.1, 0.15) is 6.92 Å². The number of nitrogens with one attached hydrogen (secondary N) is 1. The monoisotopic (exact) mass is 251 g/mol. The lowest BCUT2D eigenvalue weighted by atomic mass is 10.2. The van der Waals surface area contributed by atoms with E-state index in [-0.39, 0.29) is 19.1 Å². The van der Waals surface area contributed by atoms with Gasteiger partial charge in [0.2, 0.25) is 0 Å². The summed E-state index contributed by atoms with van der Waals surface area (Å²) in [5.41, 5.74) is 0.535. The van der Waals surface area contributed by atoms with Gasteiger partial charge in [0.1, 0.15) is 11.5 Å². The summed E-state index contributed by atoms with van der Waals surface area (Å²) in [7, 11) is 0. The molecule has 6 nitrogen and oxygen atoms in total. The summed E-state index contributed by atoms with van der Waals surface area (Å²) in [5.74, 6) is 0.395. The number of amides is 1. The molecule has 96 valence electrons. The SMILES string of the molecule is CCOC(=O)COc1ccc2c(c1)NC(=O)CO2. The second-order valence-corrected chi connectivity index (χ2v) is 3.59. The van der Waals surface area contributed by atoms with E-state index in [0.29, 0.717) is 23.8 Å². The molecule has 0 saturated carbocycles. The Bertz CT molecular complexity index is 472. The molecule has 0 aromatic heterocycles. The number of carbonyl (C=O) groups is 2. The molecule has 0 unspecified atom stereocenters. The number of fused-ring (bicyclic) bond motifs is 1. The second kappa shape index (κ2) is 5.39. The molecule has 1 amide bonds. The van der Waals surface area contributed by atoms with Gasteiger partial charge in [0.05, 0.1) is 12.3 Å². The van der Waals surface area contributed by atoms with Crippen LogP contribution in [0.2, 0.25) is 0 Å². The summed E-state index contributed by atoms with van der Waals surface area (Å²) in [6, 6.07) is 4.94. The summed E-state index contributed by atoms with van der Waals surface area (Å²) < 4.78 is 15.2. The fourth-order valence-corrected chi connectivity index (χ4v) is 1.50. The van der Waals surface area contributed by atoms with Crippen molar-refractivity contribution in [1.29, 1.82) is 0 Å². The van der Waals surface area contributed by atoms with Crippen LogP contribution < -0.4 is 14.8 Å². The highest BCUT2D eigenvalue weighted by molar-refractivity contribution is 5.95. The highest BCUT2D eigenvalue weighted by atomic mass is 16.6. The number of ether oxygens (including phenoxy) is 3. The van der Waals surface area contributed by atoms with Crippen LogP contribution in [-0.2, 0) is 14.3 Å². The van der Waals surface area contributed by atoms with Crippen molar-refractivity contribution in [2.45, 2.75) is 6.92 Å². The van der Waals surface area contributed by atoms with Crippen LogP contribution in [0.4, 0.5) is 5.69 Å². The Morgan fingerprint density at radius 2 is 2.33 bits per heavy atom. The van der Waals surface area contributed by atoms with Crippen molar-refractivity contribution >= 4 is 17.6 Å². The summed E-state index contributed by atoms with van der Waals surface area (Å²) in [5, 5.41) is 2.65. The van der Waals surface area contributed by atoms with E-state index < -0.39 is 5.97 Å². The zero-order valence-electron chi connectivity index (χ0n) is 9.89. The Labute approximate surface area is 104 Å². The smallest absolute Gasteiger partial charge is 0.344 e. The largest absolute Gasteiger partial charge is 0.482 e. The van der Waals surface area contributed by atoms with Crippen molar-refractivity contribution in [1.82, 2.24) is 0 Å². The van der Waals surface area contributed by atoms with E-state index >= 15 is 0 Å². The molecule has 6 heteroatoms. The van der Waals surface area contributed by atoms with Crippen molar-refractivity contribution in [3.63, 3.8) is 0 Å². The van der Waals surface area contributed by atoms with Gasteiger partial charge in [-0.15, -0.1) is 0 Å². The molecule has 1 aromatic rings. The maximum absolute atomic E-state index is 11.1. The van der Waals surface area contributed by atoms with Gasteiger partial charge >= 0.3 is 5.97 Å². The summed E-state index contributed by atoms with van der Waals surface area (Å²) in [6.07, 6.45) is 0. The predicted molar refractivity (Wildman–Crippen MR) is 62.7 cm³/mol. The fourth-order valence-electron chi connectivity index (χ4n) is 1.50. The number of carbonyl (C=O) groups excluding carboxylic acids is 2. The molecule has 0 spiro atoms. The minimum atomic E-state index is -0.435. The third-order valence-electron chi connectivity index (χ3n) is 2.25. The van der Waals surface area contributed by atoms with Crippen LogP contribution in [0.3, 0.4) is 0 Å². The normalized spacial score (nSPS) is 13.1. The maximum atomic E-state index is 11.1. The van der Waals surface area contributed by atoms with Gasteiger partial charge in [-0.1, -0.05) is 0 Å². The second-order valence-electron chi connectivity index (χ2n) is 3.59. The number of benzene rings is 1. The summed E-state index contributed by atoms with van der Waals surface area (Å²) in [4.78, 5) is 22.3. The van der Waals surface area contributed by atoms with Gasteiger partial charge < -0.3 is 19.5 Å². The first-order chi connectivity index (χ1) is 8.69. The Morgan fingerprint density at radius 1 is 1.50 bits per heavy atom. The predicted octanol–water partition coefficient (Wildman–Crippen LogP) is 0.959. The molecule has 0 saturated heterocycles. The van der Waals surface area contributed by atoms with Gasteiger partial charge in [0, 0.05) is 6.07 Å². The average Bonchev–Trinajstić information content (AvgIpc) is 2.36. The number of esters is 1. The van der Waals surface area contributed by atoms with Crippen molar-refractivity contribution < 1.29 is 23.8 Å². The van der Waals surface area contributed by atoms with Crippen LogP contribution in [0.5, 0.6) is 11.5 Å². The third-order valence-corrected chi connectivity index (χ3v) is 2.25. The standard InChI is InChI=1S/C12H13NO5/c1-2-16-12(15)7-17-8-3-4-10-9(5-8)13-11(14)6-18-10/h3-5H,2,6-7H2,1H3,(H,13,14). The maximum Gasteiger partial charge on any atom is 0.344 e. The molecule has 2 rings (SSSR count). The van der Waals surface area contributed by atoms with Crippen LogP contribution in [0.25, 0.3) is 0 Å². The van der Waals surface area contributed by atoms with E-state index in [1.54, 1.807) is 25.1 Å². The number of hydrogen-bond donors (Lipinski definition) is 1. The quantitative estimate of drug-likeness (QED) is 0.807. The van der Waals surface area contributed by atoms with E-state index in [4.69, 9.17) is 14.2 Å². The number of hydrogen-bond acceptors (Lipinski definition) is 5. The van der Waals surface area contributed by atoms with E-state index in [9.17, 15) is 9.59 Å². The van der Waals surface area contributed by atoms with Gasteiger partial charge in [-0.3, -0.25) is 4.79 Å². The average molecular weight is 251 g/mol. The molecule has 1 aromatic carbocycles. The van der Waals surface area contributed by atoms with E-state index in [1.165, 1.54) is 0 Å². The van der Waals surface area contributed by atoms with Gasteiger partial charge in [0.15, 0.2) is 13.2 Å². The summed E-state index contributed by atoms with van der Waals surface area (Å²) in [6.45, 7) is 1.89. The molecule has 1 aliphatic rings.